The summed E-state index contributed by atoms with van der Waals surface area (Å²) in [6, 6.07) is 7.55. The summed E-state index contributed by atoms with van der Waals surface area (Å²) in [5.41, 5.74) is -0.226. The van der Waals surface area contributed by atoms with E-state index < -0.39 is 5.54 Å². The monoisotopic (exact) mass is 399 g/mol. The number of nitrogens with one attached hydrogen (secondary N) is 1. The molecular weight excluding hydrogens is 370 g/mol. The number of hydrogen-bond donors (Lipinski definition) is 1. The molecule has 2 heterocycles. The number of carbonyl (C=O) groups excluding carboxylic acids is 2. The van der Waals surface area contributed by atoms with Gasteiger partial charge < -0.3 is 14.8 Å². The summed E-state index contributed by atoms with van der Waals surface area (Å²) in [7, 11) is 0. The Bertz CT molecular complexity index is 809. The Kier molecular flexibility index (Phi) is 6.43. The van der Waals surface area contributed by atoms with E-state index in [-0.39, 0.29) is 30.1 Å². The normalized spacial score (nSPS) is 19.3. The number of carbonyl (C=O) groups is 2. The summed E-state index contributed by atoms with van der Waals surface area (Å²) in [6.45, 7) is 8.20. The van der Waals surface area contributed by atoms with Crippen molar-refractivity contribution in [3.05, 3.63) is 23.8 Å². The fourth-order valence-electron chi connectivity index (χ4n) is 3.62. The summed E-state index contributed by atoms with van der Waals surface area (Å²) in [5, 5.41) is 12.2. The molecule has 29 heavy (non-hydrogen) atoms. The number of rotatable bonds is 6. The molecule has 1 aromatic rings. The number of ether oxygens (including phenoxy) is 2. The van der Waals surface area contributed by atoms with E-state index in [1.54, 1.807) is 25.1 Å². The Morgan fingerprint density at radius 3 is 2.52 bits per heavy atom. The molecule has 0 spiro atoms. The second-order valence-corrected chi connectivity index (χ2v) is 8.29. The summed E-state index contributed by atoms with van der Waals surface area (Å²) in [5.74, 6) is 1.23. The van der Waals surface area contributed by atoms with Crippen molar-refractivity contribution >= 4 is 11.7 Å². The van der Waals surface area contributed by atoms with Crippen LogP contribution in [0.25, 0.3) is 0 Å². The molecule has 1 atom stereocenters. The third-order valence-corrected chi connectivity index (χ3v) is 5.94. The van der Waals surface area contributed by atoms with Gasteiger partial charge in [0.05, 0.1) is 12.6 Å². The Morgan fingerprint density at radius 2 is 1.90 bits per heavy atom. The highest BCUT2D eigenvalue weighted by molar-refractivity contribution is 5.98. The molecule has 0 saturated carbocycles. The maximum absolute atomic E-state index is 12.9. The number of Topliss-reactive ketones (excluding diaryl/α,β-unsaturated/α-hetero) is 1. The number of ketones is 1. The zero-order valence-corrected chi connectivity index (χ0v) is 17.4. The number of amides is 1. The maximum Gasteiger partial charge on any atom is 0.235 e. The Hall–Kier alpha value is -2.59. The number of fused-ring (bicyclic) bond motifs is 1. The molecule has 0 unspecified atom stereocenters. The van der Waals surface area contributed by atoms with Crippen LogP contribution in [0.2, 0.25) is 0 Å². The molecule has 0 radical (unpaired) electrons. The average molecular weight is 399 g/mol. The number of piperidine rings is 1. The van der Waals surface area contributed by atoms with Gasteiger partial charge in [-0.3, -0.25) is 14.5 Å². The molecule has 1 fully saturated rings. The third-order valence-electron chi connectivity index (χ3n) is 5.94. The minimum atomic E-state index is -0.871. The number of nitrogens with zero attached hydrogens (tertiary/aromatic N) is 2. The molecule has 2 aliphatic heterocycles. The van der Waals surface area contributed by atoms with Crippen molar-refractivity contribution in [3.8, 4) is 17.6 Å². The van der Waals surface area contributed by atoms with Crippen molar-refractivity contribution in [1.82, 2.24) is 10.2 Å². The molecule has 1 aromatic carbocycles. The van der Waals surface area contributed by atoms with Crippen LogP contribution in [0.4, 0.5) is 0 Å². The molecule has 0 aliphatic carbocycles. The standard InChI is InChI=1S/C22H29N3O4/c1-15(2)22(3,14-23)24-20(26)13-25-8-6-16(7-9-25)21(27)17-4-5-18-19(12-17)29-11-10-28-18/h4-5,12,15-16H,6-11,13H2,1-3H3,(H,24,26)/t22-/m0/s1. The first kappa shape index (κ1) is 21.1. The average Bonchev–Trinajstić information content (AvgIpc) is 2.73. The minimum absolute atomic E-state index is 0.0193. The summed E-state index contributed by atoms with van der Waals surface area (Å²) < 4.78 is 11.1. The lowest BCUT2D eigenvalue weighted by Crippen LogP contribution is -2.52. The summed E-state index contributed by atoms with van der Waals surface area (Å²) in [6.07, 6.45) is 1.42. The van der Waals surface area contributed by atoms with Gasteiger partial charge in [0.15, 0.2) is 17.3 Å². The lowest BCUT2D eigenvalue weighted by Gasteiger charge is -2.33. The first-order chi connectivity index (χ1) is 13.8. The second-order valence-electron chi connectivity index (χ2n) is 8.29. The van der Waals surface area contributed by atoms with E-state index >= 15 is 0 Å². The van der Waals surface area contributed by atoms with E-state index in [1.165, 1.54) is 0 Å². The third kappa shape index (κ3) is 4.88. The van der Waals surface area contributed by atoms with Gasteiger partial charge in [-0.15, -0.1) is 0 Å². The van der Waals surface area contributed by atoms with Gasteiger partial charge in [0.1, 0.15) is 18.8 Å². The van der Waals surface area contributed by atoms with Crippen LogP contribution in [0.1, 0.15) is 44.0 Å². The highest BCUT2D eigenvalue weighted by Gasteiger charge is 2.32. The zero-order chi connectivity index (χ0) is 21.0. The van der Waals surface area contributed by atoms with Crippen LogP contribution in [0, 0.1) is 23.2 Å². The van der Waals surface area contributed by atoms with Crippen LogP contribution in [0.5, 0.6) is 11.5 Å². The molecule has 7 heteroatoms. The zero-order valence-electron chi connectivity index (χ0n) is 17.4. The van der Waals surface area contributed by atoms with Crippen LogP contribution in [0.3, 0.4) is 0 Å². The number of nitriles is 1. The first-order valence-corrected chi connectivity index (χ1v) is 10.2. The minimum Gasteiger partial charge on any atom is -0.486 e. The second kappa shape index (κ2) is 8.83. The van der Waals surface area contributed by atoms with Crippen LogP contribution in [-0.4, -0.2) is 55.0 Å². The quantitative estimate of drug-likeness (QED) is 0.739. The molecular formula is C22H29N3O4. The molecule has 2 aliphatic rings. The van der Waals surface area contributed by atoms with Crippen LogP contribution >= 0.6 is 0 Å². The van der Waals surface area contributed by atoms with Crippen molar-refractivity contribution in [3.63, 3.8) is 0 Å². The fourth-order valence-corrected chi connectivity index (χ4v) is 3.62. The SMILES string of the molecule is CC(C)[C@](C)(C#N)NC(=O)CN1CCC(C(=O)c2ccc3c(c2)OCCO3)CC1. The number of likely N-dealkylation sites (tertiary alicyclic amines) is 1. The smallest absolute Gasteiger partial charge is 0.235 e. The Balaban J connectivity index is 1.52. The molecule has 0 bridgehead atoms. The van der Waals surface area contributed by atoms with Crippen LogP contribution in [0.15, 0.2) is 18.2 Å². The van der Waals surface area contributed by atoms with Crippen LogP contribution < -0.4 is 14.8 Å². The van der Waals surface area contributed by atoms with Gasteiger partial charge in [-0.2, -0.15) is 5.26 Å². The fraction of sp³-hybridized carbons (Fsp3) is 0.591. The van der Waals surface area contributed by atoms with E-state index in [1.807, 2.05) is 18.7 Å². The van der Waals surface area contributed by atoms with Crippen molar-refractivity contribution in [2.45, 2.75) is 39.2 Å². The van der Waals surface area contributed by atoms with Crippen molar-refractivity contribution in [2.75, 3.05) is 32.8 Å². The lowest BCUT2D eigenvalue weighted by molar-refractivity contribution is -0.124. The van der Waals surface area contributed by atoms with E-state index in [0.29, 0.717) is 56.2 Å². The van der Waals surface area contributed by atoms with Gasteiger partial charge in [-0.25, -0.2) is 0 Å². The Morgan fingerprint density at radius 1 is 1.24 bits per heavy atom. The molecule has 7 nitrogen and oxygen atoms in total. The molecule has 3 rings (SSSR count). The van der Waals surface area contributed by atoms with E-state index in [2.05, 4.69) is 11.4 Å². The van der Waals surface area contributed by atoms with E-state index in [4.69, 9.17) is 9.47 Å². The van der Waals surface area contributed by atoms with E-state index in [9.17, 15) is 14.9 Å². The largest absolute Gasteiger partial charge is 0.486 e. The van der Waals surface area contributed by atoms with Gasteiger partial charge in [0.25, 0.3) is 0 Å². The number of benzene rings is 1. The van der Waals surface area contributed by atoms with Gasteiger partial charge in [-0.1, -0.05) is 13.8 Å². The van der Waals surface area contributed by atoms with Crippen LogP contribution in [-0.2, 0) is 4.79 Å². The molecule has 156 valence electrons. The first-order valence-electron chi connectivity index (χ1n) is 10.2. The van der Waals surface area contributed by atoms with Gasteiger partial charge in [0.2, 0.25) is 5.91 Å². The molecule has 1 N–H and O–H groups in total. The summed E-state index contributed by atoms with van der Waals surface area (Å²) in [4.78, 5) is 27.3. The topological polar surface area (TPSA) is 91.7 Å². The molecule has 0 aromatic heterocycles. The van der Waals surface area contributed by atoms with Crippen molar-refractivity contribution in [1.29, 1.82) is 5.26 Å². The summed E-state index contributed by atoms with van der Waals surface area (Å²) >= 11 is 0. The predicted molar refractivity (Wildman–Crippen MR) is 108 cm³/mol. The maximum atomic E-state index is 12.9. The van der Waals surface area contributed by atoms with Gasteiger partial charge >= 0.3 is 0 Å². The number of hydrogen-bond acceptors (Lipinski definition) is 6. The van der Waals surface area contributed by atoms with Gasteiger partial charge in [0, 0.05) is 11.5 Å². The van der Waals surface area contributed by atoms with Crippen molar-refractivity contribution < 1.29 is 19.1 Å². The highest BCUT2D eigenvalue weighted by atomic mass is 16.6. The van der Waals surface area contributed by atoms with Gasteiger partial charge in [-0.05, 0) is 57.0 Å². The predicted octanol–water partition coefficient (Wildman–Crippen LogP) is 2.41. The van der Waals surface area contributed by atoms with Crippen molar-refractivity contribution in [2.24, 2.45) is 11.8 Å². The molecule has 1 saturated heterocycles. The Labute approximate surface area is 172 Å². The van der Waals surface area contributed by atoms with E-state index in [0.717, 1.165) is 0 Å². The molecule has 1 amide bonds. The lowest BCUT2D eigenvalue weighted by atomic mass is 9.88. The highest BCUT2D eigenvalue weighted by Crippen LogP contribution is 2.32.